The van der Waals surface area contributed by atoms with Crippen molar-refractivity contribution in [1.82, 2.24) is 9.80 Å². The first-order valence-corrected chi connectivity index (χ1v) is 19.6. The number of unbranched alkanes of at least 4 members (excludes halogenated alkanes) is 24. The van der Waals surface area contributed by atoms with Crippen LogP contribution < -0.4 is 9.47 Å². The van der Waals surface area contributed by atoms with Gasteiger partial charge in [0.1, 0.15) is 11.5 Å². The zero-order valence-electron chi connectivity index (χ0n) is 30.4. The first-order chi connectivity index (χ1) is 22.1. The molecule has 1 aromatic rings. The van der Waals surface area contributed by atoms with Gasteiger partial charge in [0.05, 0.1) is 0 Å². The van der Waals surface area contributed by atoms with E-state index in [0.29, 0.717) is 0 Å². The lowest BCUT2D eigenvalue weighted by Crippen LogP contribution is -2.49. The fraction of sp³-hybridized carbons (Fsp3) is 0.850. The van der Waals surface area contributed by atoms with Gasteiger partial charge in [-0.1, -0.05) is 174 Å². The molecule has 0 radical (unpaired) electrons. The average molecular weight is 631 g/mol. The maximum atomic E-state index is 6.47. The highest BCUT2D eigenvalue weighted by Crippen LogP contribution is 2.27. The molecule has 0 spiro atoms. The first kappa shape index (κ1) is 39.9. The molecule has 0 aliphatic carbocycles. The van der Waals surface area contributed by atoms with Crippen LogP contribution in [0, 0.1) is 0 Å². The van der Waals surface area contributed by atoms with Crippen molar-refractivity contribution in [3.63, 3.8) is 0 Å². The van der Waals surface area contributed by atoms with Crippen LogP contribution in [0.25, 0.3) is 0 Å². The Morgan fingerprint density at radius 1 is 0.444 bits per heavy atom. The molecule has 0 amide bonds. The van der Waals surface area contributed by atoms with Crippen molar-refractivity contribution >= 4 is 0 Å². The second-order valence-electron chi connectivity index (χ2n) is 13.9. The van der Waals surface area contributed by atoms with Gasteiger partial charge < -0.3 is 9.47 Å². The van der Waals surface area contributed by atoms with Crippen molar-refractivity contribution in [2.24, 2.45) is 0 Å². The molecule has 2 rings (SSSR count). The predicted octanol–water partition coefficient (Wildman–Crippen LogP) is 12.1. The molecule has 45 heavy (non-hydrogen) atoms. The van der Waals surface area contributed by atoms with Gasteiger partial charge in [0.2, 0.25) is 0 Å². The Labute approximate surface area is 280 Å². The summed E-state index contributed by atoms with van der Waals surface area (Å²) in [5.41, 5.74) is 0. The smallest absolute Gasteiger partial charge is 0.265 e. The van der Waals surface area contributed by atoms with E-state index in [9.17, 15) is 0 Å². The molecule has 0 saturated carbocycles. The van der Waals surface area contributed by atoms with E-state index in [1.54, 1.807) is 0 Å². The van der Waals surface area contributed by atoms with Gasteiger partial charge in [-0.05, 0) is 39.1 Å². The molecule has 0 aromatic heterocycles. The van der Waals surface area contributed by atoms with Crippen LogP contribution >= 0.6 is 0 Å². The number of nitrogens with zero attached hydrogens (tertiary/aromatic N) is 2. The highest BCUT2D eigenvalue weighted by Gasteiger charge is 2.28. The third-order valence-electron chi connectivity index (χ3n) is 9.46. The second-order valence-corrected chi connectivity index (χ2v) is 13.9. The van der Waals surface area contributed by atoms with Crippen LogP contribution in [0.5, 0.6) is 11.5 Å². The van der Waals surface area contributed by atoms with Crippen LogP contribution in [0.2, 0.25) is 0 Å². The lowest BCUT2D eigenvalue weighted by Gasteiger charge is -2.36. The van der Waals surface area contributed by atoms with E-state index < -0.39 is 12.8 Å². The monoisotopic (exact) mass is 631 g/mol. The summed E-state index contributed by atoms with van der Waals surface area (Å²) in [5.74, 6) is 1.60. The first-order valence-electron chi connectivity index (χ1n) is 19.6. The Balaban J connectivity index is 1.59. The number of rotatable bonds is 30. The minimum Gasteiger partial charge on any atom is -0.451 e. The summed E-state index contributed by atoms with van der Waals surface area (Å²) >= 11 is 0. The topological polar surface area (TPSA) is 34.2 Å². The molecule has 2 bridgehead atoms. The van der Waals surface area contributed by atoms with Crippen LogP contribution in [-0.4, -0.2) is 49.8 Å². The molecule has 0 N–H and O–H groups in total. The Morgan fingerprint density at radius 2 is 0.733 bits per heavy atom. The van der Waals surface area contributed by atoms with Crippen molar-refractivity contribution in [1.29, 1.82) is 0 Å². The average Bonchev–Trinajstić information content (AvgIpc) is 3.04. The summed E-state index contributed by atoms with van der Waals surface area (Å²) in [5, 5.41) is 0. The highest BCUT2D eigenvalue weighted by molar-refractivity contribution is 5.33. The number of hydrogen-bond donors (Lipinski definition) is 0. The maximum Gasteiger partial charge on any atom is 0.265 e. The SMILES string of the molecule is CCCCCCCCCCCCCCCN(C)C1Oc2cccc(c2)OC(N(C)CCCCCCCCCCCCCCC)O1. The summed E-state index contributed by atoms with van der Waals surface area (Å²) in [6, 6.07) is 7.96. The quantitative estimate of drug-likeness (QED) is 0.0790. The van der Waals surface area contributed by atoms with Gasteiger partial charge in [0, 0.05) is 19.2 Å². The number of benzene rings is 1. The zero-order chi connectivity index (χ0) is 32.2. The number of fused-ring (bicyclic) bond motifs is 2. The van der Waals surface area contributed by atoms with Crippen LogP contribution in [0.15, 0.2) is 24.3 Å². The van der Waals surface area contributed by atoms with Gasteiger partial charge in [-0.15, -0.1) is 0 Å². The minimum atomic E-state index is -0.461. The Bertz CT molecular complexity index is 731. The number of ether oxygens (including phenoxy) is 3. The molecular weight excluding hydrogens is 556 g/mol. The summed E-state index contributed by atoms with van der Waals surface area (Å²) in [6.45, 7) is 6.50. The van der Waals surface area contributed by atoms with E-state index in [1.807, 2.05) is 24.3 Å². The van der Waals surface area contributed by atoms with Crippen molar-refractivity contribution in [3.05, 3.63) is 24.3 Å². The second kappa shape index (κ2) is 27.8. The fourth-order valence-corrected chi connectivity index (χ4v) is 6.37. The molecule has 5 heteroatoms. The predicted molar refractivity (Wildman–Crippen MR) is 193 cm³/mol. The lowest BCUT2D eigenvalue weighted by molar-refractivity contribution is -0.282. The van der Waals surface area contributed by atoms with E-state index in [0.717, 1.165) is 37.4 Å². The molecule has 0 fully saturated rings. The van der Waals surface area contributed by atoms with Gasteiger partial charge >= 0.3 is 0 Å². The lowest BCUT2D eigenvalue weighted by atomic mass is 10.0. The Morgan fingerprint density at radius 3 is 1.04 bits per heavy atom. The van der Waals surface area contributed by atoms with E-state index in [2.05, 4.69) is 37.7 Å². The van der Waals surface area contributed by atoms with Crippen molar-refractivity contribution in [3.8, 4) is 11.5 Å². The standard InChI is InChI=1S/C40H74N2O3/c1-5-7-9-11-13-15-17-19-21-23-25-27-29-34-41(3)39-43-37-32-31-33-38(36-37)44-40(45-39)42(4)35-30-28-26-24-22-20-18-16-14-12-10-8-6-2/h31-33,36,39-40H,5-30,34-35H2,1-4H3. The highest BCUT2D eigenvalue weighted by atomic mass is 16.8. The van der Waals surface area contributed by atoms with Crippen molar-refractivity contribution in [2.75, 3.05) is 27.2 Å². The van der Waals surface area contributed by atoms with E-state index in [-0.39, 0.29) is 0 Å². The van der Waals surface area contributed by atoms with Gasteiger partial charge in [-0.25, -0.2) is 9.80 Å². The molecule has 1 heterocycles. The molecule has 2 unspecified atom stereocenters. The molecule has 262 valence electrons. The minimum absolute atomic E-state index is 0.461. The molecule has 1 aliphatic rings. The van der Waals surface area contributed by atoms with E-state index in [4.69, 9.17) is 14.2 Å². The number of hydrogen-bond acceptors (Lipinski definition) is 5. The molecule has 2 atom stereocenters. The van der Waals surface area contributed by atoms with Gasteiger partial charge in [0.25, 0.3) is 12.8 Å². The Kier molecular flexibility index (Phi) is 24.6. The molecule has 5 nitrogen and oxygen atoms in total. The normalized spacial score (nSPS) is 16.5. The van der Waals surface area contributed by atoms with Crippen LogP contribution in [0.3, 0.4) is 0 Å². The van der Waals surface area contributed by atoms with Crippen LogP contribution in [0.4, 0.5) is 0 Å². The van der Waals surface area contributed by atoms with Crippen LogP contribution in [0.1, 0.15) is 181 Å². The molecular formula is C40H74N2O3. The largest absolute Gasteiger partial charge is 0.451 e. The summed E-state index contributed by atoms with van der Waals surface area (Å²) in [4.78, 5) is 4.40. The van der Waals surface area contributed by atoms with Gasteiger partial charge in [-0.2, -0.15) is 0 Å². The molecule has 1 aromatic carbocycles. The summed E-state index contributed by atoms with van der Waals surface area (Å²) < 4.78 is 19.1. The summed E-state index contributed by atoms with van der Waals surface area (Å²) in [7, 11) is 4.22. The van der Waals surface area contributed by atoms with E-state index >= 15 is 0 Å². The van der Waals surface area contributed by atoms with Gasteiger partial charge in [0.15, 0.2) is 0 Å². The molecule has 1 aliphatic heterocycles. The van der Waals surface area contributed by atoms with Crippen molar-refractivity contribution in [2.45, 2.75) is 194 Å². The summed E-state index contributed by atoms with van der Waals surface area (Å²) in [6.07, 6.45) is 34.7. The zero-order valence-corrected chi connectivity index (χ0v) is 30.4. The third-order valence-corrected chi connectivity index (χ3v) is 9.46. The Hall–Kier alpha value is -1.30. The molecule has 0 saturated heterocycles. The third kappa shape index (κ3) is 20.5. The van der Waals surface area contributed by atoms with Crippen molar-refractivity contribution < 1.29 is 14.2 Å². The van der Waals surface area contributed by atoms with E-state index in [1.165, 1.54) is 154 Å². The van der Waals surface area contributed by atoms with Gasteiger partial charge in [-0.3, -0.25) is 4.74 Å². The maximum absolute atomic E-state index is 6.47. The fourth-order valence-electron chi connectivity index (χ4n) is 6.37. The van der Waals surface area contributed by atoms with Crippen LogP contribution in [-0.2, 0) is 4.74 Å².